The topological polar surface area (TPSA) is 24.7 Å². The highest BCUT2D eigenvalue weighted by atomic mass is 14.7. The smallest absolute Gasteiger partial charge is 0.0450 e. The summed E-state index contributed by atoms with van der Waals surface area (Å²) in [6.45, 7) is 10.1. The van der Waals surface area contributed by atoms with E-state index in [1.54, 1.807) is 12.4 Å². The Hall–Kier alpha value is -0.920. The number of hydrogen-bond donors (Lipinski definition) is 0. The van der Waals surface area contributed by atoms with Gasteiger partial charge in [-0.3, -0.25) is 9.98 Å². The average molecular weight is 278 g/mol. The molecule has 0 aliphatic carbocycles. The van der Waals surface area contributed by atoms with E-state index < -0.39 is 0 Å². The average Bonchev–Trinajstić information content (AvgIpc) is 2.45. The molecule has 0 aromatic heterocycles. The Morgan fingerprint density at radius 3 is 1.90 bits per heavy atom. The van der Waals surface area contributed by atoms with Crippen LogP contribution in [0.5, 0.6) is 0 Å². The first kappa shape index (κ1) is 19.1. The van der Waals surface area contributed by atoms with Crippen molar-refractivity contribution in [2.45, 2.75) is 85.0 Å². The highest BCUT2D eigenvalue weighted by Crippen LogP contribution is 2.20. The van der Waals surface area contributed by atoms with Crippen molar-refractivity contribution in [3.8, 4) is 0 Å². The van der Waals surface area contributed by atoms with Gasteiger partial charge in [0.1, 0.15) is 0 Å². The summed E-state index contributed by atoms with van der Waals surface area (Å²) in [6.07, 6.45) is 16.7. The van der Waals surface area contributed by atoms with Crippen LogP contribution >= 0.6 is 0 Å². The summed E-state index contributed by atoms with van der Waals surface area (Å²) >= 11 is 0. The van der Waals surface area contributed by atoms with Crippen LogP contribution in [0.2, 0.25) is 0 Å². The van der Waals surface area contributed by atoms with E-state index in [1.807, 2.05) is 0 Å². The molecular formula is C18H34N2. The van der Waals surface area contributed by atoms with Crippen molar-refractivity contribution < 1.29 is 0 Å². The first-order valence-electron chi connectivity index (χ1n) is 8.41. The maximum absolute atomic E-state index is 4.51. The van der Waals surface area contributed by atoms with Gasteiger partial charge in [-0.05, 0) is 32.4 Å². The molecule has 0 spiro atoms. The van der Waals surface area contributed by atoms with Crippen molar-refractivity contribution in [1.82, 2.24) is 0 Å². The Kier molecular flexibility index (Phi) is 13.8. The first-order chi connectivity index (χ1) is 9.76. The first-order valence-corrected chi connectivity index (χ1v) is 8.41. The zero-order valence-corrected chi connectivity index (χ0v) is 13.9. The largest absolute Gasteiger partial charge is 0.271 e. The van der Waals surface area contributed by atoms with E-state index in [0.717, 1.165) is 0 Å². The fraction of sp³-hybridized carbons (Fsp3) is 0.778. The van der Waals surface area contributed by atoms with Gasteiger partial charge in [-0.15, -0.1) is 0 Å². The van der Waals surface area contributed by atoms with Gasteiger partial charge in [0, 0.05) is 18.1 Å². The fourth-order valence-corrected chi connectivity index (χ4v) is 2.50. The van der Waals surface area contributed by atoms with Crippen molar-refractivity contribution in [3.05, 3.63) is 12.4 Å². The zero-order valence-electron chi connectivity index (χ0n) is 13.9. The molecular weight excluding hydrogens is 244 g/mol. The van der Waals surface area contributed by atoms with E-state index in [-0.39, 0.29) is 0 Å². The van der Waals surface area contributed by atoms with E-state index in [9.17, 15) is 0 Å². The Balaban J connectivity index is 4.24. The number of rotatable bonds is 13. The molecule has 0 saturated heterocycles. The van der Waals surface area contributed by atoms with E-state index in [4.69, 9.17) is 0 Å². The summed E-state index contributed by atoms with van der Waals surface area (Å²) in [5.74, 6) is 0.651. The van der Waals surface area contributed by atoms with Gasteiger partial charge in [0.25, 0.3) is 0 Å². The minimum Gasteiger partial charge on any atom is -0.271 e. The van der Waals surface area contributed by atoms with Crippen LogP contribution in [-0.2, 0) is 0 Å². The third-order valence-electron chi connectivity index (χ3n) is 3.85. The van der Waals surface area contributed by atoms with Crippen molar-refractivity contribution in [2.24, 2.45) is 15.9 Å². The zero-order chi connectivity index (χ0) is 15.1. The lowest BCUT2D eigenvalue weighted by atomic mass is 9.91. The third kappa shape index (κ3) is 11.0. The van der Waals surface area contributed by atoms with E-state index >= 15 is 0 Å². The molecule has 2 heteroatoms. The number of hydrogen-bond acceptors (Lipinski definition) is 2. The van der Waals surface area contributed by atoms with E-state index in [2.05, 4.69) is 37.5 Å². The predicted molar refractivity (Wildman–Crippen MR) is 92.8 cm³/mol. The number of unbranched alkanes of at least 4 members (excludes halogenated alkanes) is 6. The van der Waals surface area contributed by atoms with Crippen LogP contribution in [0.4, 0.5) is 0 Å². The van der Waals surface area contributed by atoms with Crippen LogP contribution in [0.15, 0.2) is 22.4 Å². The monoisotopic (exact) mass is 278 g/mol. The van der Waals surface area contributed by atoms with Gasteiger partial charge >= 0.3 is 0 Å². The minimum absolute atomic E-state index is 0.651. The second kappa shape index (κ2) is 14.5. The van der Waals surface area contributed by atoms with Gasteiger partial charge in [0.2, 0.25) is 0 Å². The molecule has 0 fully saturated rings. The predicted octanol–water partition coefficient (Wildman–Crippen LogP) is 6.18. The lowest BCUT2D eigenvalue weighted by Crippen LogP contribution is -2.11. The number of aliphatic imine (C=N–C) groups is 2. The third-order valence-corrected chi connectivity index (χ3v) is 3.85. The van der Waals surface area contributed by atoms with Gasteiger partial charge in [-0.25, -0.2) is 0 Å². The summed E-state index contributed by atoms with van der Waals surface area (Å²) < 4.78 is 0. The maximum atomic E-state index is 4.51. The highest BCUT2D eigenvalue weighted by Gasteiger charge is 2.11. The van der Waals surface area contributed by atoms with Crippen molar-refractivity contribution in [3.63, 3.8) is 0 Å². The Morgan fingerprint density at radius 2 is 1.45 bits per heavy atom. The standard InChI is InChI=1S/C18H34N2/c1-5-7-9-11-13-18(14-12-10-8-6-2)17(3)20-16-15-19-4/h15-16,18H,4-14H2,1-3H3/b16-15-,20-17?. The SMILES string of the molecule is C=N/C=C\N=C(C)C(CCCCCC)CCCCCC. The van der Waals surface area contributed by atoms with Crippen LogP contribution in [-0.4, -0.2) is 12.4 Å². The Labute approximate surface area is 126 Å². The molecule has 0 aromatic carbocycles. The summed E-state index contributed by atoms with van der Waals surface area (Å²) in [5, 5.41) is 0. The molecule has 0 unspecified atom stereocenters. The summed E-state index contributed by atoms with van der Waals surface area (Å²) in [6, 6.07) is 0. The molecule has 0 saturated carbocycles. The van der Waals surface area contributed by atoms with Gasteiger partial charge in [0.15, 0.2) is 0 Å². The normalized spacial score (nSPS) is 12.5. The fourth-order valence-electron chi connectivity index (χ4n) is 2.50. The molecule has 0 radical (unpaired) electrons. The molecule has 0 N–H and O–H groups in total. The van der Waals surface area contributed by atoms with E-state index in [0.29, 0.717) is 5.92 Å². The summed E-state index contributed by atoms with van der Waals surface area (Å²) in [5.41, 5.74) is 1.26. The molecule has 0 aliphatic heterocycles. The second-order valence-corrected chi connectivity index (χ2v) is 5.65. The van der Waals surface area contributed by atoms with Gasteiger partial charge in [-0.1, -0.05) is 65.2 Å². The van der Waals surface area contributed by atoms with Gasteiger partial charge < -0.3 is 0 Å². The highest BCUT2D eigenvalue weighted by molar-refractivity contribution is 5.84. The lowest BCUT2D eigenvalue weighted by Gasteiger charge is -2.16. The molecule has 0 bridgehead atoms. The molecule has 0 aromatic rings. The quantitative estimate of drug-likeness (QED) is 0.284. The van der Waals surface area contributed by atoms with Crippen molar-refractivity contribution in [2.75, 3.05) is 0 Å². The molecule has 0 heterocycles. The van der Waals surface area contributed by atoms with Crippen molar-refractivity contribution >= 4 is 12.4 Å². The molecule has 116 valence electrons. The number of nitrogens with zero attached hydrogens (tertiary/aromatic N) is 2. The van der Waals surface area contributed by atoms with Crippen LogP contribution < -0.4 is 0 Å². The molecule has 2 nitrogen and oxygen atoms in total. The van der Waals surface area contributed by atoms with Gasteiger partial charge in [0.05, 0.1) is 0 Å². The van der Waals surface area contributed by atoms with Crippen LogP contribution in [0, 0.1) is 5.92 Å². The molecule has 0 atom stereocenters. The maximum Gasteiger partial charge on any atom is 0.0450 e. The van der Waals surface area contributed by atoms with Crippen LogP contribution in [0.3, 0.4) is 0 Å². The second-order valence-electron chi connectivity index (χ2n) is 5.65. The Bertz CT molecular complexity index is 267. The minimum atomic E-state index is 0.651. The lowest BCUT2D eigenvalue weighted by molar-refractivity contribution is 0.492. The van der Waals surface area contributed by atoms with Crippen LogP contribution in [0.1, 0.15) is 85.0 Å². The van der Waals surface area contributed by atoms with Crippen molar-refractivity contribution in [1.29, 1.82) is 0 Å². The summed E-state index contributed by atoms with van der Waals surface area (Å²) in [4.78, 5) is 8.22. The van der Waals surface area contributed by atoms with E-state index in [1.165, 1.54) is 69.9 Å². The summed E-state index contributed by atoms with van der Waals surface area (Å²) in [7, 11) is 0. The van der Waals surface area contributed by atoms with Gasteiger partial charge in [-0.2, -0.15) is 0 Å². The molecule has 0 rings (SSSR count). The molecule has 20 heavy (non-hydrogen) atoms. The van der Waals surface area contributed by atoms with Crippen LogP contribution in [0.25, 0.3) is 0 Å². The molecule has 0 aliphatic rings. The molecule has 0 amide bonds. The Morgan fingerprint density at radius 1 is 0.900 bits per heavy atom.